The maximum absolute atomic E-state index is 13.0. The molecular weight excluding hydrogens is 323 g/mol. The summed E-state index contributed by atoms with van der Waals surface area (Å²) in [5.41, 5.74) is 8.24. The number of carbonyl (C=O) groups excluding carboxylic acids is 1. The van der Waals surface area contributed by atoms with Crippen molar-refractivity contribution in [2.24, 2.45) is 5.92 Å². The third-order valence-corrected chi connectivity index (χ3v) is 4.23. The highest BCUT2D eigenvalue weighted by Crippen LogP contribution is 2.35. The Kier molecular flexibility index (Phi) is 3.52. The molecule has 3 aromatic heterocycles. The Labute approximate surface area is 142 Å². The molecule has 1 aliphatic rings. The van der Waals surface area contributed by atoms with Gasteiger partial charge in [0.25, 0.3) is 0 Å². The van der Waals surface area contributed by atoms with Gasteiger partial charge in [0.2, 0.25) is 5.91 Å². The van der Waals surface area contributed by atoms with Crippen LogP contribution in [0.15, 0.2) is 30.9 Å². The lowest BCUT2D eigenvalue weighted by Gasteiger charge is -2.09. The SMILES string of the molecule is Cc1ncncc1-c1cc2cc(NC(=O)[C@@H]3C[C@@H]3F)ncc2c(N)n1. The summed E-state index contributed by atoms with van der Waals surface area (Å²) in [4.78, 5) is 28.6. The molecule has 2 atom stereocenters. The van der Waals surface area contributed by atoms with E-state index in [0.717, 1.165) is 16.6 Å². The van der Waals surface area contributed by atoms with Gasteiger partial charge in [0.1, 0.15) is 24.1 Å². The summed E-state index contributed by atoms with van der Waals surface area (Å²) in [7, 11) is 0. The van der Waals surface area contributed by atoms with E-state index in [2.05, 4.69) is 25.3 Å². The van der Waals surface area contributed by atoms with E-state index in [-0.39, 0.29) is 12.3 Å². The zero-order chi connectivity index (χ0) is 17.6. The number of amides is 1. The molecule has 1 fully saturated rings. The first-order valence-corrected chi connectivity index (χ1v) is 7.81. The van der Waals surface area contributed by atoms with E-state index >= 15 is 0 Å². The van der Waals surface area contributed by atoms with Gasteiger partial charge in [-0.25, -0.2) is 24.3 Å². The number of nitrogen functional groups attached to an aromatic ring is 1. The summed E-state index contributed by atoms with van der Waals surface area (Å²) in [6, 6.07) is 3.54. The smallest absolute Gasteiger partial charge is 0.231 e. The quantitative estimate of drug-likeness (QED) is 0.759. The number of nitrogens with zero attached hydrogens (tertiary/aromatic N) is 4. The van der Waals surface area contributed by atoms with Gasteiger partial charge in [-0.3, -0.25) is 4.79 Å². The zero-order valence-electron chi connectivity index (χ0n) is 13.4. The third-order valence-electron chi connectivity index (χ3n) is 4.23. The Morgan fingerprint density at radius 3 is 2.84 bits per heavy atom. The van der Waals surface area contributed by atoms with Gasteiger partial charge in [-0.2, -0.15) is 0 Å². The highest BCUT2D eigenvalue weighted by molar-refractivity contribution is 5.98. The molecule has 3 aromatic rings. The summed E-state index contributed by atoms with van der Waals surface area (Å²) in [6.45, 7) is 1.86. The van der Waals surface area contributed by atoms with Crippen molar-refractivity contribution in [2.75, 3.05) is 11.1 Å². The third kappa shape index (κ3) is 2.86. The highest BCUT2D eigenvalue weighted by Gasteiger charge is 2.43. The first-order valence-electron chi connectivity index (χ1n) is 7.81. The Morgan fingerprint density at radius 2 is 2.12 bits per heavy atom. The van der Waals surface area contributed by atoms with Gasteiger partial charge in [0, 0.05) is 23.3 Å². The molecule has 3 N–H and O–H groups in total. The van der Waals surface area contributed by atoms with E-state index in [0.29, 0.717) is 22.7 Å². The fourth-order valence-corrected chi connectivity index (χ4v) is 2.68. The van der Waals surface area contributed by atoms with Crippen LogP contribution in [0.5, 0.6) is 0 Å². The number of carbonyl (C=O) groups is 1. The largest absolute Gasteiger partial charge is 0.383 e. The van der Waals surface area contributed by atoms with Gasteiger partial charge in [-0.05, 0) is 30.9 Å². The average Bonchev–Trinajstić information content (AvgIpc) is 3.32. The molecule has 1 saturated carbocycles. The minimum Gasteiger partial charge on any atom is -0.383 e. The van der Waals surface area contributed by atoms with Crippen LogP contribution in [0.2, 0.25) is 0 Å². The first-order chi connectivity index (χ1) is 12.0. The Bertz CT molecular complexity index is 992. The molecule has 3 heterocycles. The van der Waals surface area contributed by atoms with Crippen molar-refractivity contribution >= 4 is 28.3 Å². The number of alkyl halides is 1. The highest BCUT2D eigenvalue weighted by atomic mass is 19.1. The van der Waals surface area contributed by atoms with Gasteiger partial charge in [0.15, 0.2) is 0 Å². The normalized spacial score (nSPS) is 19.0. The number of aryl methyl sites for hydroxylation is 1. The van der Waals surface area contributed by atoms with Crippen molar-refractivity contribution in [2.45, 2.75) is 19.5 Å². The minimum absolute atomic E-state index is 0.272. The van der Waals surface area contributed by atoms with Gasteiger partial charge in [-0.15, -0.1) is 0 Å². The molecule has 1 aliphatic carbocycles. The number of hydrogen-bond acceptors (Lipinski definition) is 6. The Morgan fingerprint density at radius 1 is 1.32 bits per heavy atom. The monoisotopic (exact) mass is 338 g/mol. The maximum atomic E-state index is 13.0. The van der Waals surface area contributed by atoms with E-state index in [9.17, 15) is 9.18 Å². The molecule has 8 heteroatoms. The summed E-state index contributed by atoms with van der Waals surface area (Å²) in [5.74, 6) is -0.241. The van der Waals surface area contributed by atoms with E-state index in [1.165, 1.54) is 6.33 Å². The number of rotatable bonds is 3. The van der Waals surface area contributed by atoms with Crippen LogP contribution in [0.4, 0.5) is 16.0 Å². The Balaban J connectivity index is 1.73. The molecular formula is C17H15FN6O. The van der Waals surface area contributed by atoms with E-state index < -0.39 is 12.1 Å². The second-order valence-electron chi connectivity index (χ2n) is 6.05. The number of nitrogens with one attached hydrogen (secondary N) is 1. The summed E-state index contributed by atoms with van der Waals surface area (Å²) in [6.07, 6.45) is 3.91. The van der Waals surface area contributed by atoms with Crippen LogP contribution in [0.1, 0.15) is 12.1 Å². The topological polar surface area (TPSA) is 107 Å². The lowest BCUT2D eigenvalue weighted by atomic mass is 10.1. The molecule has 126 valence electrons. The van der Waals surface area contributed by atoms with Crippen molar-refractivity contribution in [3.05, 3.63) is 36.5 Å². The van der Waals surface area contributed by atoms with Crippen LogP contribution >= 0.6 is 0 Å². The molecule has 0 aromatic carbocycles. The number of aromatic nitrogens is 4. The van der Waals surface area contributed by atoms with Crippen LogP contribution in [-0.4, -0.2) is 32.0 Å². The maximum Gasteiger partial charge on any atom is 0.231 e. The molecule has 0 spiro atoms. The van der Waals surface area contributed by atoms with Crippen LogP contribution in [0, 0.1) is 12.8 Å². The lowest BCUT2D eigenvalue weighted by molar-refractivity contribution is -0.117. The molecule has 7 nitrogen and oxygen atoms in total. The Hall–Kier alpha value is -3.16. The van der Waals surface area contributed by atoms with Crippen molar-refractivity contribution < 1.29 is 9.18 Å². The van der Waals surface area contributed by atoms with Crippen LogP contribution in [0.25, 0.3) is 22.0 Å². The van der Waals surface area contributed by atoms with Gasteiger partial charge in [-0.1, -0.05) is 0 Å². The number of anilines is 2. The van der Waals surface area contributed by atoms with Crippen molar-refractivity contribution in [3.63, 3.8) is 0 Å². The van der Waals surface area contributed by atoms with Crippen LogP contribution in [-0.2, 0) is 4.79 Å². The molecule has 0 saturated heterocycles. The number of nitrogens with two attached hydrogens (primary N) is 1. The van der Waals surface area contributed by atoms with E-state index in [1.807, 2.05) is 13.0 Å². The second kappa shape index (κ2) is 5.73. The number of hydrogen-bond donors (Lipinski definition) is 2. The summed E-state index contributed by atoms with van der Waals surface area (Å²) in [5, 5.41) is 4.08. The standard InChI is InChI=1S/C17H15FN6O/c1-8-11(5-20-7-22-8)14-2-9-3-15(21-6-12(9)16(19)23-14)24-17(25)10-4-13(10)18/h2-3,5-7,10,13H,4H2,1H3,(H2,19,23)(H,21,24,25)/t10-,13+/m1/s1. The zero-order valence-corrected chi connectivity index (χ0v) is 13.4. The van der Waals surface area contributed by atoms with Crippen LogP contribution < -0.4 is 11.1 Å². The fourth-order valence-electron chi connectivity index (χ4n) is 2.68. The molecule has 0 aliphatic heterocycles. The average molecular weight is 338 g/mol. The molecule has 1 amide bonds. The predicted molar refractivity (Wildman–Crippen MR) is 91.3 cm³/mol. The number of fused-ring (bicyclic) bond motifs is 1. The molecule has 0 unspecified atom stereocenters. The second-order valence-corrected chi connectivity index (χ2v) is 6.05. The summed E-state index contributed by atoms with van der Waals surface area (Å²) >= 11 is 0. The first kappa shape index (κ1) is 15.4. The molecule has 0 bridgehead atoms. The van der Waals surface area contributed by atoms with E-state index in [4.69, 9.17) is 5.73 Å². The van der Waals surface area contributed by atoms with Gasteiger partial charge < -0.3 is 11.1 Å². The number of pyridine rings is 2. The molecule has 25 heavy (non-hydrogen) atoms. The molecule has 4 rings (SSSR count). The van der Waals surface area contributed by atoms with Gasteiger partial charge in [0.05, 0.1) is 17.3 Å². The van der Waals surface area contributed by atoms with Crippen molar-refractivity contribution in [1.82, 2.24) is 19.9 Å². The van der Waals surface area contributed by atoms with Crippen molar-refractivity contribution in [3.8, 4) is 11.3 Å². The number of halogens is 1. The van der Waals surface area contributed by atoms with Crippen LogP contribution in [0.3, 0.4) is 0 Å². The fraction of sp³-hybridized carbons (Fsp3) is 0.235. The van der Waals surface area contributed by atoms with Gasteiger partial charge >= 0.3 is 0 Å². The summed E-state index contributed by atoms with van der Waals surface area (Å²) < 4.78 is 13.0. The van der Waals surface area contributed by atoms with Crippen molar-refractivity contribution in [1.29, 1.82) is 0 Å². The predicted octanol–water partition coefficient (Wildman–Crippen LogP) is 2.27. The lowest BCUT2D eigenvalue weighted by Crippen LogP contribution is -2.15. The van der Waals surface area contributed by atoms with E-state index in [1.54, 1.807) is 18.5 Å². The molecule has 0 radical (unpaired) electrons. The minimum atomic E-state index is -1.05.